The lowest BCUT2D eigenvalue weighted by Crippen LogP contribution is -2.17. The number of hydrazone groups is 1. The number of hydrogen-bond donors (Lipinski definition) is 2. The number of aromatic hydroxyl groups is 1. The third kappa shape index (κ3) is 5.12. The Hall–Kier alpha value is -2.83. The molecule has 0 aliphatic carbocycles. The summed E-state index contributed by atoms with van der Waals surface area (Å²) in [5.41, 5.74) is 4.20. The molecule has 0 bridgehead atoms. The van der Waals surface area contributed by atoms with Crippen molar-refractivity contribution in [2.45, 2.75) is 6.61 Å². The quantitative estimate of drug-likeness (QED) is 0.395. The Morgan fingerprint density at radius 2 is 1.89 bits per heavy atom. The fourth-order valence-electron chi connectivity index (χ4n) is 2.38. The second kappa shape index (κ2) is 9.39. The number of carbonyl (C=O) groups excluding carboxylic acids is 1. The van der Waals surface area contributed by atoms with Crippen molar-refractivity contribution in [3.63, 3.8) is 0 Å². The van der Waals surface area contributed by atoms with E-state index < -0.39 is 5.91 Å². The van der Waals surface area contributed by atoms with Crippen LogP contribution in [-0.4, -0.2) is 17.2 Å². The number of carbonyl (C=O) groups is 1. The van der Waals surface area contributed by atoms with E-state index in [0.717, 1.165) is 15.6 Å². The van der Waals surface area contributed by atoms with Crippen molar-refractivity contribution < 1.29 is 14.6 Å². The van der Waals surface area contributed by atoms with Gasteiger partial charge in [-0.15, -0.1) is 0 Å². The van der Waals surface area contributed by atoms with E-state index in [1.165, 1.54) is 18.3 Å². The highest BCUT2D eigenvalue weighted by Gasteiger charge is 2.09. The van der Waals surface area contributed by atoms with Crippen molar-refractivity contribution in [3.8, 4) is 11.5 Å². The van der Waals surface area contributed by atoms with Gasteiger partial charge in [-0.05, 0) is 57.9 Å². The van der Waals surface area contributed by atoms with Crippen LogP contribution in [0.25, 0.3) is 0 Å². The zero-order valence-electron chi connectivity index (χ0n) is 14.6. The van der Waals surface area contributed by atoms with Gasteiger partial charge in [0.25, 0.3) is 5.91 Å². The van der Waals surface area contributed by atoms with Crippen LogP contribution in [0.3, 0.4) is 0 Å². The predicted molar refractivity (Wildman–Crippen MR) is 113 cm³/mol. The number of para-hydroxylation sites is 1. The predicted octanol–water partition coefficient (Wildman–Crippen LogP) is 5.15. The summed E-state index contributed by atoms with van der Waals surface area (Å²) in [5, 5.41) is 14.2. The van der Waals surface area contributed by atoms with E-state index in [9.17, 15) is 9.90 Å². The van der Waals surface area contributed by atoms with Crippen LogP contribution >= 0.6 is 27.5 Å². The normalized spacial score (nSPS) is 10.8. The van der Waals surface area contributed by atoms with E-state index in [2.05, 4.69) is 26.5 Å². The minimum atomic E-state index is -0.492. The number of halogens is 2. The van der Waals surface area contributed by atoms with Crippen molar-refractivity contribution in [1.29, 1.82) is 0 Å². The number of phenols is 1. The molecule has 28 heavy (non-hydrogen) atoms. The highest BCUT2D eigenvalue weighted by molar-refractivity contribution is 9.10. The Kier molecular flexibility index (Phi) is 6.68. The molecule has 0 aliphatic rings. The molecular weight excluding hydrogens is 444 g/mol. The molecule has 0 saturated heterocycles. The highest BCUT2D eigenvalue weighted by atomic mass is 79.9. The number of phenolic OH excluding ortho intramolecular Hbond substituents is 1. The average molecular weight is 460 g/mol. The summed E-state index contributed by atoms with van der Waals surface area (Å²) in [6.45, 7) is 0.350. The maximum absolute atomic E-state index is 12.0. The number of benzene rings is 3. The topological polar surface area (TPSA) is 70.9 Å². The number of hydrogen-bond acceptors (Lipinski definition) is 4. The van der Waals surface area contributed by atoms with E-state index in [-0.39, 0.29) is 11.3 Å². The van der Waals surface area contributed by atoms with Gasteiger partial charge in [-0.25, -0.2) is 5.43 Å². The highest BCUT2D eigenvalue weighted by Crippen LogP contribution is 2.27. The standard InChI is InChI=1S/C21H16BrClN2O3/c22-17-11-14(12-24-25-21(27)16-6-2-4-8-19(16)26)9-10-20(17)28-13-15-5-1-3-7-18(15)23/h1-12,26H,13H2,(H,25,27)/b24-12-. The van der Waals surface area contributed by atoms with Gasteiger partial charge in [-0.1, -0.05) is 41.9 Å². The lowest BCUT2D eigenvalue weighted by molar-refractivity contribution is 0.0952. The first kappa shape index (κ1) is 19.9. The Balaban J connectivity index is 1.61. The molecule has 0 aromatic heterocycles. The molecule has 3 aromatic rings. The van der Waals surface area contributed by atoms with Crippen LogP contribution < -0.4 is 10.2 Å². The lowest BCUT2D eigenvalue weighted by atomic mass is 10.2. The van der Waals surface area contributed by atoms with E-state index in [1.807, 2.05) is 36.4 Å². The summed E-state index contributed by atoms with van der Waals surface area (Å²) >= 11 is 9.60. The number of amides is 1. The number of nitrogens with one attached hydrogen (secondary N) is 1. The van der Waals surface area contributed by atoms with Crippen LogP contribution in [0.4, 0.5) is 0 Å². The van der Waals surface area contributed by atoms with Crippen LogP contribution in [0.2, 0.25) is 5.02 Å². The molecule has 0 aliphatic heterocycles. The van der Waals surface area contributed by atoms with Gasteiger partial charge in [0.05, 0.1) is 16.3 Å². The van der Waals surface area contributed by atoms with Gasteiger partial charge in [-0.3, -0.25) is 4.79 Å². The van der Waals surface area contributed by atoms with Gasteiger partial charge in [0.1, 0.15) is 18.1 Å². The second-order valence-electron chi connectivity index (χ2n) is 5.79. The molecule has 0 radical (unpaired) electrons. The SMILES string of the molecule is O=C(N/N=C\c1ccc(OCc2ccccc2Cl)c(Br)c1)c1ccccc1O. The molecule has 0 fully saturated rings. The van der Waals surface area contributed by atoms with Gasteiger partial charge in [0.15, 0.2) is 0 Å². The first-order valence-corrected chi connectivity index (χ1v) is 9.49. The molecule has 0 heterocycles. The van der Waals surface area contributed by atoms with E-state index in [4.69, 9.17) is 16.3 Å². The molecule has 142 valence electrons. The van der Waals surface area contributed by atoms with E-state index >= 15 is 0 Å². The van der Waals surface area contributed by atoms with Crippen molar-refractivity contribution in [1.82, 2.24) is 5.43 Å². The van der Waals surface area contributed by atoms with Crippen molar-refractivity contribution in [2.24, 2.45) is 5.10 Å². The van der Waals surface area contributed by atoms with Crippen molar-refractivity contribution >= 4 is 39.7 Å². The minimum absolute atomic E-state index is 0.0991. The van der Waals surface area contributed by atoms with E-state index in [0.29, 0.717) is 17.4 Å². The summed E-state index contributed by atoms with van der Waals surface area (Å²) in [4.78, 5) is 12.0. The van der Waals surface area contributed by atoms with Crippen molar-refractivity contribution in [2.75, 3.05) is 0 Å². The van der Waals surface area contributed by atoms with Gasteiger partial charge in [0.2, 0.25) is 0 Å². The molecule has 0 spiro atoms. The fraction of sp³-hybridized carbons (Fsp3) is 0.0476. The third-order valence-corrected chi connectivity index (χ3v) is 4.81. The molecule has 3 aromatic carbocycles. The van der Waals surface area contributed by atoms with Crippen LogP contribution in [0, 0.1) is 0 Å². The minimum Gasteiger partial charge on any atom is -0.507 e. The molecule has 3 rings (SSSR count). The van der Waals surface area contributed by atoms with Crippen LogP contribution in [-0.2, 0) is 6.61 Å². The zero-order valence-corrected chi connectivity index (χ0v) is 16.9. The Labute approximate surface area is 175 Å². The van der Waals surface area contributed by atoms with E-state index in [1.54, 1.807) is 18.2 Å². The van der Waals surface area contributed by atoms with Crippen LogP contribution in [0.5, 0.6) is 11.5 Å². The Bertz CT molecular complexity index is 1020. The summed E-state index contributed by atoms with van der Waals surface area (Å²) in [6.07, 6.45) is 1.50. The number of ether oxygens (including phenoxy) is 1. The van der Waals surface area contributed by atoms with Crippen molar-refractivity contribution in [3.05, 3.63) is 92.9 Å². The first-order chi connectivity index (χ1) is 13.5. The summed E-state index contributed by atoms with van der Waals surface area (Å²) in [5.74, 6) is 0.0707. The number of rotatable bonds is 6. The molecule has 5 nitrogen and oxygen atoms in total. The molecule has 0 saturated carbocycles. The summed E-state index contributed by atoms with van der Waals surface area (Å²) in [7, 11) is 0. The second-order valence-corrected chi connectivity index (χ2v) is 7.05. The molecule has 7 heteroatoms. The smallest absolute Gasteiger partial charge is 0.275 e. The third-order valence-electron chi connectivity index (χ3n) is 3.83. The van der Waals surface area contributed by atoms with Gasteiger partial charge in [0, 0.05) is 10.6 Å². The van der Waals surface area contributed by atoms with Gasteiger partial charge < -0.3 is 9.84 Å². The first-order valence-electron chi connectivity index (χ1n) is 8.32. The maximum atomic E-state index is 12.0. The lowest BCUT2D eigenvalue weighted by Gasteiger charge is -2.10. The summed E-state index contributed by atoms with van der Waals surface area (Å²) < 4.78 is 6.54. The van der Waals surface area contributed by atoms with Crippen LogP contribution in [0.15, 0.2) is 76.3 Å². The zero-order chi connectivity index (χ0) is 19.9. The van der Waals surface area contributed by atoms with Gasteiger partial charge >= 0.3 is 0 Å². The monoisotopic (exact) mass is 458 g/mol. The van der Waals surface area contributed by atoms with Crippen LogP contribution in [0.1, 0.15) is 21.5 Å². The summed E-state index contributed by atoms with van der Waals surface area (Å²) in [6, 6.07) is 19.2. The largest absolute Gasteiger partial charge is 0.507 e. The molecule has 2 N–H and O–H groups in total. The maximum Gasteiger partial charge on any atom is 0.275 e. The Morgan fingerprint density at radius 3 is 2.64 bits per heavy atom. The molecule has 0 atom stereocenters. The molecule has 0 unspecified atom stereocenters. The fourth-order valence-corrected chi connectivity index (χ4v) is 3.08. The molecular formula is C21H16BrClN2O3. The Morgan fingerprint density at radius 1 is 1.14 bits per heavy atom. The van der Waals surface area contributed by atoms with Gasteiger partial charge in [-0.2, -0.15) is 5.10 Å². The molecule has 1 amide bonds. The number of nitrogens with zero attached hydrogens (tertiary/aromatic N) is 1. The average Bonchev–Trinajstić information content (AvgIpc) is 2.69.